The third kappa shape index (κ3) is 4.15. The first kappa shape index (κ1) is 17.8. The summed E-state index contributed by atoms with van der Waals surface area (Å²) in [5, 5.41) is 18.9. The van der Waals surface area contributed by atoms with Crippen molar-refractivity contribution in [2.24, 2.45) is 0 Å². The molecule has 0 unspecified atom stereocenters. The predicted octanol–water partition coefficient (Wildman–Crippen LogP) is 4.18. The van der Waals surface area contributed by atoms with Crippen LogP contribution in [0.15, 0.2) is 58.2 Å². The van der Waals surface area contributed by atoms with Crippen molar-refractivity contribution in [1.82, 2.24) is 10.2 Å². The van der Waals surface area contributed by atoms with E-state index < -0.39 is 4.92 Å². The van der Waals surface area contributed by atoms with Crippen LogP contribution in [-0.4, -0.2) is 26.7 Å². The molecular weight excluding hydrogens is 354 g/mol. The molecule has 0 bridgehead atoms. The predicted molar refractivity (Wildman–Crippen MR) is 97.3 cm³/mol. The summed E-state index contributed by atoms with van der Waals surface area (Å²) in [4.78, 5) is 22.6. The van der Waals surface area contributed by atoms with Gasteiger partial charge in [0.2, 0.25) is 5.89 Å². The van der Waals surface area contributed by atoms with Crippen molar-refractivity contribution in [3.05, 3.63) is 69.8 Å². The minimum absolute atomic E-state index is 0.0345. The molecule has 0 saturated heterocycles. The Kier molecular flexibility index (Phi) is 5.43. The van der Waals surface area contributed by atoms with Gasteiger partial charge in [0.15, 0.2) is 5.78 Å². The number of nitro benzene ring substituents is 1. The molecule has 3 rings (SSSR count). The van der Waals surface area contributed by atoms with Crippen LogP contribution in [0.2, 0.25) is 0 Å². The van der Waals surface area contributed by atoms with Crippen LogP contribution < -0.4 is 0 Å². The van der Waals surface area contributed by atoms with Crippen LogP contribution >= 0.6 is 11.8 Å². The minimum atomic E-state index is -0.488. The van der Waals surface area contributed by atoms with Gasteiger partial charge in [0.25, 0.3) is 10.9 Å². The lowest BCUT2D eigenvalue weighted by Gasteiger charge is -2.01. The molecule has 0 atom stereocenters. The molecular formula is C18H15N3O4S. The third-order valence-corrected chi connectivity index (χ3v) is 4.54. The third-order valence-electron chi connectivity index (χ3n) is 3.72. The van der Waals surface area contributed by atoms with Crippen molar-refractivity contribution in [3.63, 3.8) is 0 Å². The highest BCUT2D eigenvalue weighted by atomic mass is 32.2. The Morgan fingerprint density at radius 3 is 2.65 bits per heavy atom. The van der Waals surface area contributed by atoms with E-state index in [1.54, 1.807) is 12.1 Å². The topological polar surface area (TPSA) is 99.1 Å². The van der Waals surface area contributed by atoms with E-state index in [4.69, 9.17) is 4.42 Å². The van der Waals surface area contributed by atoms with E-state index in [0.717, 1.165) is 18.2 Å². The maximum atomic E-state index is 12.2. The average Bonchev–Trinajstić information content (AvgIpc) is 3.15. The molecule has 3 aromatic rings. The van der Waals surface area contributed by atoms with E-state index in [2.05, 4.69) is 17.1 Å². The van der Waals surface area contributed by atoms with Crippen LogP contribution in [0, 0.1) is 10.1 Å². The van der Waals surface area contributed by atoms with Crippen molar-refractivity contribution < 1.29 is 14.1 Å². The lowest BCUT2D eigenvalue weighted by molar-refractivity contribution is -0.384. The van der Waals surface area contributed by atoms with E-state index >= 15 is 0 Å². The fourth-order valence-electron chi connectivity index (χ4n) is 2.27. The molecule has 0 aliphatic heterocycles. The lowest BCUT2D eigenvalue weighted by atomic mass is 10.1. The molecule has 0 amide bonds. The van der Waals surface area contributed by atoms with Gasteiger partial charge in [-0.3, -0.25) is 14.9 Å². The number of hydrogen-bond donors (Lipinski definition) is 0. The van der Waals surface area contributed by atoms with Gasteiger partial charge in [-0.25, -0.2) is 0 Å². The molecule has 1 heterocycles. The minimum Gasteiger partial charge on any atom is -0.411 e. The van der Waals surface area contributed by atoms with Gasteiger partial charge in [0, 0.05) is 23.3 Å². The van der Waals surface area contributed by atoms with Crippen molar-refractivity contribution in [2.75, 3.05) is 5.75 Å². The van der Waals surface area contributed by atoms with E-state index in [9.17, 15) is 14.9 Å². The second-order valence-corrected chi connectivity index (χ2v) is 6.37. The summed E-state index contributed by atoms with van der Waals surface area (Å²) in [6.45, 7) is 2.06. The standard InChI is InChI=1S/C18H15N3O4S/c1-2-12-6-8-13(9-7-12)16(22)11-26-18-20-19-17(25-18)14-4-3-5-15(10-14)21(23)24/h3-10H,2,11H2,1H3. The smallest absolute Gasteiger partial charge is 0.277 e. The number of aryl methyl sites for hydroxylation is 1. The van der Waals surface area contributed by atoms with Crippen molar-refractivity contribution in [3.8, 4) is 11.5 Å². The van der Waals surface area contributed by atoms with E-state index in [-0.39, 0.29) is 28.3 Å². The Labute approximate surface area is 153 Å². The van der Waals surface area contributed by atoms with E-state index in [1.165, 1.54) is 17.7 Å². The number of thioether (sulfide) groups is 1. The molecule has 7 nitrogen and oxygen atoms in total. The Morgan fingerprint density at radius 2 is 1.96 bits per heavy atom. The normalized spacial score (nSPS) is 10.7. The largest absolute Gasteiger partial charge is 0.411 e. The summed E-state index contributed by atoms with van der Waals surface area (Å²) in [6.07, 6.45) is 0.922. The van der Waals surface area contributed by atoms with Crippen LogP contribution in [0.1, 0.15) is 22.8 Å². The quantitative estimate of drug-likeness (QED) is 0.266. The number of nitro groups is 1. The number of Topliss-reactive ketones (excluding diaryl/α,β-unsaturated/α-hetero) is 1. The molecule has 0 radical (unpaired) electrons. The Hall–Kier alpha value is -3.00. The van der Waals surface area contributed by atoms with Gasteiger partial charge in [-0.05, 0) is 18.1 Å². The first-order valence-electron chi connectivity index (χ1n) is 7.90. The second kappa shape index (κ2) is 7.92. The van der Waals surface area contributed by atoms with Gasteiger partial charge in [0.1, 0.15) is 0 Å². The number of ketones is 1. The summed E-state index contributed by atoms with van der Waals surface area (Å²) >= 11 is 1.14. The highest BCUT2D eigenvalue weighted by Crippen LogP contribution is 2.26. The number of rotatable bonds is 7. The van der Waals surface area contributed by atoms with Crippen LogP contribution in [0.25, 0.3) is 11.5 Å². The number of nitrogens with zero attached hydrogens (tertiary/aromatic N) is 3. The van der Waals surface area contributed by atoms with Crippen LogP contribution in [0.5, 0.6) is 0 Å². The molecule has 2 aromatic carbocycles. The fraction of sp³-hybridized carbons (Fsp3) is 0.167. The molecule has 8 heteroatoms. The Balaban J connectivity index is 1.65. The molecule has 132 valence electrons. The van der Waals surface area contributed by atoms with Gasteiger partial charge in [-0.15, -0.1) is 10.2 Å². The maximum Gasteiger partial charge on any atom is 0.277 e. The summed E-state index contributed by atoms with van der Waals surface area (Å²) in [5.41, 5.74) is 2.21. The zero-order valence-corrected chi connectivity index (χ0v) is 14.7. The monoisotopic (exact) mass is 369 g/mol. The SMILES string of the molecule is CCc1ccc(C(=O)CSc2nnc(-c3cccc([N+](=O)[O-])c3)o2)cc1. The first-order valence-corrected chi connectivity index (χ1v) is 8.88. The van der Waals surface area contributed by atoms with Crippen molar-refractivity contribution >= 4 is 23.2 Å². The summed E-state index contributed by atoms with van der Waals surface area (Å²) in [5.74, 6) is 0.311. The zero-order chi connectivity index (χ0) is 18.5. The molecule has 0 spiro atoms. The lowest BCUT2D eigenvalue weighted by Crippen LogP contribution is -2.02. The Morgan fingerprint density at radius 1 is 1.19 bits per heavy atom. The van der Waals surface area contributed by atoms with Crippen LogP contribution in [0.4, 0.5) is 5.69 Å². The van der Waals surface area contributed by atoms with Gasteiger partial charge in [0.05, 0.1) is 10.7 Å². The first-order chi connectivity index (χ1) is 12.6. The summed E-state index contributed by atoms with van der Waals surface area (Å²) in [6, 6.07) is 13.4. The van der Waals surface area contributed by atoms with Crippen LogP contribution in [0.3, 0.4) is 0 Å². The maximum absolute atomic E-state index is 12.2. The number of hydrogen-bond acceptors (Lipinski definition) is 7. The van der Waals surface area contributed by atoms with Gasteiger partial charge in [-0.1, -0.05) is 49.0 Å². The summed E-state index contributed by atoms with van der Waals surface area (Å²) in [7, 11) is 0. The number of non-ortho nitro benzene ring substituents is 1. The molecule has 0 fully saturated rings. The van der Waals surface area contributed by atoms with E-state index in [0.29, 0.717) is 11.1 Å². The molecule has 1 aromatic heterocycles. The number of carbonyl (C=O) groups is 1. The van der Waals surface area contributed by atoms with Crippen molar-refractivity contribution in [1.29, 1.82) is 0 Å². The highest BCUT2D eigenvalue weighted by Gasteiger charge is 2.14. The highest BCUT2D eigenvalue weighted by molar-refractivity contribution is 7.99. The molecule has 0 aliphatic carbocycles. The van der Waals surface area contributed by atoms with Gasteiger partial charge in [-0.2, -0.15) is 0 Å². The second-order valence-electron chi connectivity index (χ2n) is 5.44. The number of aromatic nitrogens is 2. The zero-order valence-electron chi connectivity index (χ0n) is 13.9. The average molecular weight is 369 g/mol. The number of carbonyl (C=O) groups excluding carboxylic acids is 1. The fourth-order valence-corrected chi connectivity index (χ4v) is 2.93. The molecule has 26 heavy (non-hydrogen) atoms. The van der Waals surface area contributed by atoms with Gasteiger partial charge >= 0.3 is 0 Å². The van der Waals surface area contributed by atoms with Crippen LogP contribution in [-0.2, 0) is 6.42 Å². The van der Waals surface area contributed by atoms with Crippen molar-refractivity contribution in [2.45, 2.75) is 18.6 Å². The van der Waals surface area contributed by atoms with E-state index in [1.807, 2.05) is 24.3 Å². The number of benzene rings is 2. The summed E-state index contributed by atoms with van der Waals surface area (Å²) < 4.78 is 5.49. The molecule has 0 saturated carbocycles. The Bertz CT molecular complexity index is 938. The molecule has 0 N–H and O–H groups in total. The van der Waals surface area contributed by atoms with Gasteiger partial charge < -0.3 is 4.42 Å². The molecule has 0 aliphatic rings.